The zero-order valence-electron chi connectivity index (χ0n) is 11.8. The quantitative estimate of drug-likeness (QED) is 0.839. The number of benzene rings is 1. The first-order chi connectivity index (χ1) is 9.74. The van der Waals surface area contributed by atoms with Crippen LogP contribution >= 0.6 is 0 Å². The summed E-state index contributed by atoms with van der Waals surface area (Å²) in [6, 6.07) is 7.40. The minimum Gasteiger partial charge on any atom is -0.384 e. The molecule has 1 saturated heterocycles. The van der Waals surface area contributed by atoms with Crippen molar-refractivity contribution in [3.05, 3.63) is 35.4 Å². The molecule has 0 aliphatic carbocycles. The minimum atomic E-state index is 0.0694. The first-order valence-electron chi connectivity index (χ1n) is 6.82. The first kappa shape index (κ1) is 14.6. The summed E-state index contributed by atoms with van der Waals surface area (Å²) >= 11 is 0. The van der Waals surface area contributed by atoms with Crippen molar-refractivity contribution >= 4 is 5.91 Å². The molecule has 1 heterocycles. The molecular formula is C16H20N2O2. The Morgan fingerprint density at radius 2 is 2.40 bits per heavy atom. The lowest BCUT2D eigenvalue weighted by Gasteiger charge is -2.16. The average molecular weight is 272 g/mol. The molecule has 1 amide bonds. The minimum absolute atomic E-state index is 0.0694. The van der Waals surface area contributed by atoms with Gasteiger partial charge in [0.05, 0.1) is 13.2 Å². The molecule has 0 bridgehead atoms. The van der Waals surface area contributed by atoms with Crippen molar-refractivity contribution in [1.29, 1.82) is 0 Å². The monoisotopic (exact) mass is 272 g/mol. The maximum absolute atomic E-state index is 12.4. The largest absolute Gasteiger partial charge is 0.384 e. The molecule has 0 aromatic heterocycles. The third-order valence-electron chi connectivity index (χ3n) is 3.42. The molecule has 1 atom stereocenters. The lowest BCUT2D eigenvalue weighted by atomic mass is 10.1. The van der Waals surface area contributed by atoms with Crippen molar-refractivity contribution < 1.29 is 9.53 Å². The van der Waals surface area contributed by atoms with Gasteiger partial charge < -0.3 is 15.4 Å². The van der Waals surface area contributed by atoms with E-state index in [1.165, 1.54) is 0 Å². The zero-order chi connectivity index (χ0) is 14.4. The average Bonchev–Trinajstić information content (AvgIpc) is 2.93. The Bertz CT molecular complexity index is 531. The lowest BCUT2D eigenvalue weighted by Crippen LogP contribution is -2.29. The Hall–Kier alpha value is -1.83. The number of hydrogen-bond acceptors (Lipinski definition) is 3. The molecule has 4 nitrogen and oxygen atoms in total. The van der Waals surface area contributed by atoms with E-state index in [1.54, 1.807) is 7.11 Å². The molecule has 1 aliphatic rings. The highest BCUT2D eigenvalue weighted by atomic mass is 16.5. The van der Waals surface area contributed by atoms with Crippen molar-refractivity contribution in [3.63, 3.8) is 0 Å². The SMILES string of the molecule is COCC1CCN(C(=O)c2cccc(C#CCN)c2)C1. The molecular weight excluding hydrogens is 252 g/mol. The van der Waals surface area contributed by atoms with E-state index in [2.05, 4.69) is 11.8 Å². The van der Waals surface area contributed by atoms with E-state index in [4.69, 9.17) is 10.5 Å². The summed E-state index contributed by atoms with van der Waals surface area (Å²) in [7, 11) is 1.70. The second-order valence-electron chi connectivity index (χ2n) is 4.95. The summed E-state index contributed by atoms with van der Waals surface area (Å²) in [4.78, 5) is 14.3. The smallest absolute Gasteiger partial charge is 0.253 e. The van der Waals surface area contributed by atoms with Gasteiger partial charge in [-0.05, 0) is 24.6 Å². The van der Waals surface area contributed by atoms with Crippen LogP contribution in [0.3, 0.4) is 0 Å². The van der Waals surface area contributed by atoms with Gasteiger partial charge >= 0.3 is 0 Å². The Balaban J connectivity index is 2.06. The van der Waals surface area contributed by atoms with Crippen LogP contribution in [0.5, 0.6) is 0 Å². The molecule has 4 heteroatoms. The summed E-state index contributed by atoms with van der Waals surface area (Å²) in [6.45, 7) is 2.60. The van der Waals surface area contributed by atoms with Crippen molar-refractivity contribution in [1.82, 2.24) is 4.90 Å². The molecule has 1 fully saturated rings. The molecule has 1 aromatic carbocycles. The van der Waals surface area contributed by atoms with Crippen molar-refractivity contribution in [2.75, 3.05) is 33.4 Å². The Morgan fingerprint density at radius 1 is 1.55 bits per heavy atom. The first-order valence-corrected chi connectivity index (χ1v) is 6.82. The molecule has 0 radical (unpaired) electrons. The number of carbonyl (C=O) groups excluding carboxylic acids is 1. The van der Waals surface area contributed by atoms with Crippen LogP contribution in [0.1, 0.15) is 22.3 Å². The van der Waals surface area contributed by atoms with Gasteiger partial charge in [0.1, 0.15) is 0 Å². The highest BCUT2D eigenvalue weighted by Gasteiger charge is 2.26. The van der Waals surface area contributed by atoms with Crippen molar-refractivity contribution in [3.8, 4) is 11.8 Å². The standard InChI is InChI=1S/C16H20N2O2/c1-20-12-14-7-9-18(11-14)16(19)15-6-2-4-13(10-15)5-3-8-17/h2,4,6,10,14H,7-9,11-12,17H2,1H3. The highest BCUT2D eigenvalue weighted by Crippen LogP contribution is 2.19. The third-order valence-corrected chi connectivity index (χ3v) is 3.42. The maximum atomic E-state index is 12.4. The molecule has 1 aliphatic heterocycles. The van der Waals surface area contributed by atoms with Crippen LogP contribution in [0.2, 0.25) is 0 Å². The maximum Gasteiger partial charge on any atom is 0.253 e. The van der Waals surface area contributed by atoms with Crippen LogP contribution in [-0.2, 0) is 4.74 Å². The topological polar surface area (TPSA) is 55.6 Å². The number of hydrogen-bond donors (Lipinski definition) is 1. The van der Waals surface area contributed by atoms with Gasteiger partial charge in [0, 0.05) is 37.2 Å². The van der Waals surface area contributed by atoms with Gasteiger partial charge in [-0.3, -0.25) is 4.79 Å². The van der Waals surface area contributed by atoms with Crippen LogP contribution < -0.4 is 5.73 Å². The van der Waals surface area contributed by atoms with E-state index >= 15 is 0 Å². The number of carbonyl (C=O) groups is 1. The predicted molar refractivity (Wildman–Crippen MR) is 78.3 cm³/mol. The zero-order valence-corrected chi connectivity index (χ0v) is 11.8. The fourth-order valence-electron chi connectivity index (χ4n) is 2.45. The van der Waals surface area contributed by atoms with Crippen LogP contribution in [0.4, 0.5) is 0 Å². The lowest BCUT2D eigenvalue weighted by molar-refractivity contribution is 0.0775. The molecule has 1 unspecified atom stereocenters. The highest BCUT2D eigenvalue weighted by molar-refractivity contribution is 5.94. The summed E-state index contributed by atoms with van der Waals surface area (Å²) in [6.07, 6.45) is 1.01. The fraction of sp³-hybridized carbons (Fsp3) is 0.438. The number of nitrogens with zero attached hydrogens (tertiary/aromatic N) is 1. The van der Waals surface area contributed by atoms with Gasteiger partial charge in [-0.25, -0.2) is 0 Å². The molecule has 0 saturated carbocycles. The van der Waals surface area contributed by atoms with Gasteiger partial charge in [0.2, 0.25) is 0 Å². The Labute approximate surface area is 119 Å². The van der Waals surface area contributed by atoms with Crippen LogP contribution in [0.25, 0.3) is 0 Å². The van der Waals surface area contributed by atoms with Gasteiger partial charge in [-0.15, -0.1) is 0 Å². The number of methoxy groups -OCH3 is 1. The summed E-state index contributed by atoms with van der Waals surface area (Å²) in [5, 5.41) is 0. The molecule has 2 N–H and O–H groups in total. The Morgan fingerprint density at radius 3 is 3.15 bits per heavy atom. The van der Waals surface area contributed by atoms with E-state index in [9.17, 15) is 4.79 Å². The summed E-state index contributed by atoms with van der Waals surface area (Å²) in [5.41, 5.74) is 6.87. The van der Waals surface area contributed by atoms with Crippen molar-refractivity contribution in [2.24, 2.45) is 11.7 Å². The predicted octanol–water partition coefficient (Wildman–Crippen LogP) is 1.11. The number of nitrogens with two attached hydrogens (primary N) is 1. The molecule has 0 spiro atoms. The van der Waals surface area contributed by atoms with Crippen LogP contribution in [-0.4, -0.2) is 44.2 Å². The number of ether oxygens (including phenoxy) is 1. The molecule has 20 heavy (non-hydrogen) atoms. The van der Waals surface area contributed by atoms with Gasteiger partial charge in [-0.1, -0.05) is 17.9 Å². The van der Waals surface area contributed by atoms with E-state index in [1.807, 2.05) is 29.2 Å². The summed E-state index contributed by atoms with van der Waals surface area (Å²) < 4.78 is 5.15. The number of amides is 1. The van der Waals surface area contributed by atoms with Crippen LogP contribution in [0, 0.1) is 17.8 Å². The van der Waals surface area contributed by atoms with Crippen molar-refractivity contribution in [2.45, 2.75) is 6.42 Å². The van der Waals surface area contributed by atoms with E-state index in [-0.39, 0.29) is 5.91 Å². The molecule has 2 rings (SSSR count). The second-order valence-corrected chi connectivity index (χ2v) is 4.95. The fourth-order valence-corrected chi connectivity index (χ4v) is 2.45. The third kappa shape index (κ3) is 3.60. The number of likely N-dealkylation sites (tertiary alicyclic amines) is 1. The second kappa shape index (κ2) is 7.09. The van der Waals surface area contributed by atoms with Gasteiger partial charge in [0.25, 0.3) is 5.91 Å². The Kier molecular flexibility index (Phi) is 5.16. The van der Waals surface area contributed by atoms with Gasteiger partial charge in [-0.2, -0.15) is 0 Å². The van der Waals surface area contributed by atoms with E-state index in [0.717, 1.165) is 25.1 Å². The van der Waals surface area contributed by atoms with Gasteiger partial charge in [0.15, 0.2) is 0 Å². The molecule has 1 aromatic rings. The summed E-state index contributed by atoms with van der Waals surface area (Å²) in [5.74, 6) is 6.27. The normalized spacial score (nSPS) is 17.7. The van der Waals surface area contributed by atoms with E-state index in [0.29, 0.717) is 24.6 Å². The van der Waals surface area contributed by atoms with Crippen LogP contribution in [0.15, 0.2) is 24.3 Å². The van der Waals surface area contributed by atoms with E-state index < -0.39 is 0 Å². The number of rotatable bonds is 3. The molecule has 106 valence electrons.